The fraction of sp³-hybridized carbons (Fsp3) is 0.129. The molecule has 5 aromatic rings. The highest BCUT2D eigenvalue weighted by Crippen LogP contribution is 2.42. The zero-order valence-corrected chi connectivity index (χ0v) is 22.0. The number of aryl methyl sites for hydroxylation is 2. The van der Waals surface area contributed by atoms with Crippen molar-refractivity contribution in [1.82, 2.24) is 19.9 Å². The van der Waals surface area contributed by atoms with E-state index in [0.29, 0.717) is 5.11 Å². The molecule has 4 heterocycles. The maximum atomic E-state index is 6.06. The number of nitrogens with zero attached hydrogens (tertiary/aromatic N) is 4. The van der Waals surface area contributed by atoms with Gasteiger partial charge in [0.2, 0.25) is 0 Å². The summed E-state index contributed by atoms with van der Waals surface area (Å²) in [5, 5.41) is 4.18. The average molecular weight is 518 g/mol. The van der Waals surface area contributed by atoms with Crippen LogP contribution in [-0.4, -0.2) is 19.6 Å². The van der Waals surface area contributed by atoms with Crippen LogP contribution in [0.3, 0.4) is 0 Å². The number of rotatable bonds is 6. The first-order chi connectivity index (χ1) is 18.6. The van der Waals surface area contributed by atoms with Crippen molar-refractivity contribution >= 4 is 23.0 Å². The van der Waals surface area contributed by atoms with Crippen LogP contribution in [0.5, 0.6) is 11.5 Å². The fourth-order valence-corrected chi connectivity index (χ4v) is 5.14. The molecule has 0 radical (unpaired) electrons. The van der Waals surface area contributed by atoms with Crippen LogP contribution in [0.25, 0.3) is 5.82 Å². The van der Waals surface area contributed by atoms with Crippen molar-refractivity contribution < 1.29 is 4.74 Å². The number of benzene rings is 2. The number of hydrogen-bond donors (Lipinski definition) is 1. The van der Waals surface area contributed by atoms with Crippen molar-refractivity contribution in [3.63, 3.8) is 0 Å². The molecule has 1 saturated heterocycles. The van der Waals surface area contributed by atoms with Crippen molar-refractivity contribution in [3.8, 4) is 17.3 Å². The summed E-state index contributed by atoms with van der Waals surface area (Å²) < 4.78 is 8.19. The maximum Gasteiger partial charge on any atom is 0.174 e. The number of hydrogen-bond acceptors (Lipinski definition) is 4. The first-order valence-electron chi connectivity index (χ1n) is 12.5. The predicted molar refractivity (Wildman–Crippen MR) is 154 cm³/mol. The molecule has 7 heteroatoms. The molecule has 6 nitrogen and oxygen atoms in total. The Kier molecular flexibility index (Phi) is 6.35. The highest BCUT2D eigenvalue weighted by molar-refractivity contribution is 7.80. The summed E-state index contributed by atoms with van der Waals surface area (Å²) in [6, 6.07) is 30.0. The molecule has 38 heavy (non-hydrogen) atoms. The number of ether oxygens (including phenoxy) is 1. The third-order valence-corrected chi connectivity index (χ3v) is 7.01. The largest absolute Gasteiger partial charge is 0.457 e. The minimum atomic E-state index is -0.153. The lowest BCUT2D eigenvalue weighted by Crippen LogP contribution is -2.30. The molecular formula is C31H27N5OS. The van der Waals surface area contributed by atoms with Crippen LogP contribution in [0.2, 0.25) is 0 Å². The molecule has 1 N–H and O–H groups in total. The molecule has 2 atom stereocenters. The van der Waals surface area contributed by atoms with Crippen molar-refractivity contribution in [2.45, 2.75) is 25.9 Å². The van der Waals surface area contributed by atoms with Crippen LogP contribution in [0.4, 0.5) is 5.69 Å². The molecule has 0 saturated carbocycles. The van der Waals surface area contributed by atoms with Gasteiger partial charge in [-0.3, -0.25) is 4.98 Å². The summed E-state index contributed by atoms with van der Waals surface area (Å²) in [5.74, 6) is 2.42. The zero-order valence-electron chi connectivity index (χ0n) is 21.2. The lowest BCUT2D eigenvalue weighted by atomic mass is 10.0. The molecule has 2 unspecified atom stereocenters. The predicted octanol–water partition coefficient (Wildman–Crippen LogP) is 6.85. The molecule has 2 aromatic carbocycles. The van der Waals surface area contributed by atoms with Crippen LogP contribution >= 0.6 is 12.2 Å². The zero-order chi connectivity index (χ0) is 26.1. The first-order valence-corrected chi connectivity index (χ1v) is 12.9. The Morgan fingerprint density at radius 2 is 1.53 bits per heavy atom. The molecule has 0 aliphatic carbocycles. The molecule has 0 spiro atoms. The van der Waals surface area contributed by atoms with Crippen LogP contribution in [-0.2, 0) is 0 Å². The van der Waals surface area contributed by atoms with Gasteiger partial charge < -0.3 is 19.5 Å². The van der Waals surface area contributed by atoms with Crippen molar-refractivity contribution in [1.29, 1.82) is 0 Å². The highest BCUT2D eigenvalue weighted by Gasteiger charge is 2.42. The van der Waals surface area contributed by atoms with Gasteiger partial charge in [0.1, 0.15) is 23.4 Å². The number of thiocarbonyl (C=S) groups is 1. The number of pyridine rings is 2. The Balaban J connectivity index is 1.38. The molecule has 188 valence electrons. The molecule has 0 bridgehead atoms. The second kappa shape index (κ2) is 10.1. The van der Waals surface area contributed by atoms with Gasteiger partial charge in [-0.25, -0.2) is 4.98 Å². The molecular weight excluding hydrogens is 490 g/mol. The Bertz CT molecular complexity index is 1550. The molecule has 0 amide bonds. The minimum absolute atomic E-state index is 0.147. The molecule has 1 aliphatic heterocycles. The van der Waals surface area contributed by atoms with E-state index in [1.807, 2.05) is 104 Å². The summed E-state index contributed by atoms with van der Waals surface area (Å²) in [5.41, 5.74) is 5.26. The van der Waals surface area contributed by atoms with Crippen molar-refractivity contribution in [2.75, 3.05) is 4.90 Å². The Hall–Kier alpha value is -4.49. The van der Waals surface area contributed by atoms with Gasteiger partial charge in [-0.2, -0.15) is 0 Å². The highest BCUT2D eigenvalue weighted by atomic mass is 32.1. The third-order valence-electron chi connectivity index (χ3n) is 6.70. The molecule has 1 aliphatic rings. The number of anilines is 1. The molecule has 6 rings (SSSR count). The van der Waals surface area contributed by atoms with Crippen LogP contribution in [0.1, 0.15) is 34.6 Å². The van der Waals surface area contributed by atoms with Crippen LogP contribution in [0, 0.1) is 13.8 Å². The Morgan fingerprint density at radius 3 is 2.21 bits per heavy atom. The standard InChI is InChI=1S/C31H27N5OS/c1-21-8-13-24(14-9-21)37-25-15-11-23(12-16-25)36-30(29(34-31(36)38)26-6-3-4-18-32-26)27-7-5-19-35(27)28-17-10-22(2)20-33-28/h3-20,29-30H,1-2H3,(H,34,38). The van der Waals surface area contributed by atoms with Gasteiger partial charge in [0.15, 0.2) is 5.11 Å². The van der Waals surface area contributed by atoms with E-state index >= 15 is 0 Å². The van der Waals surface area contributed by atoms with Gasteiger partial charge in [-0.15, -0.1) is 0 Å². The SMILES string of the molecule is Cc1ccc(Oc2ccc(N3C(=S)NC(c4ccccn4)C3c3cccn3-c3ccc(C)cn3)cc2)cc1. The summed E-state index contributed by atoms with van der Waals surface area (Å²) in [4.78, 5) is 11.5. The van der Waals surface area contributed by atoms with E-state index in [9.17, 15) is 0 Å². The van der Waals surface area contributed by atoms with Crippen molar-refractivity contribution in [2.24, 2.45) is 0 Å². The van der Waals surface area contributed by atoms with Gasteiger partial charge >= 0.3 is 0 Å². The second-order valence-corrected chi connectivity index (χ2v) is 9.79. The third kappa shape index (κ3) is 4.64. The van der Waals surface area contributed by atoms with E-state index in [1.54, 1.807) is 0 Å². The van der Waals surface area contributed by atoms with E-state index in [2.05, 4.69) is 43.8 Å². The van der Waals surface area contributed by atoms with E-state index in [-0.39, 0.29) is 12.1 Å². The Morgan fingerprint density at radius 1 is 0.789 bits per heavy atom. The fourth-order valence-electron chi connectivity index (χ4n) is 4.80. The van der Waals surface area contributed by atoms with E-state index in [0.717, 1.165) is 40.0 Å². The summed E-state index contributed by atoms with van der Waals surface area (Å²) in [6.07, 6.45) is 5.75. The van der Waals surface area contributed by atoms with E-state index < -0.39 is 0 Å². The molecule has 3 aromatic heterocycles. The molecule has 1 fully saturated rings. The van der Waals surface area contributed by atoms with Gasteiger partial charge in [0, 0.05) is 30.0 Å². The number of nitrogens with one attached hydrogen (secondary N) is 1. The second-order valence-electron chi connectivity index (χ2n) is 9.40. The minimum Gasteiger partial charge on any atom is -0.457 e. The van der Waals surface area contributed by atoms with Crippen LogP contribution in [0.15, 0.2) is 110 Å². The van der Waals surface area contributed by atoms with E-state index in [4.69, 9.17) is 17.0 Å². The summed E-state index contributed by atoms with van der Waals surface area (Å²) in [7, 11) is 0. The smallest absolute Gasteiger partial charge is 0.174 e. The Labute approximate surface area is 227 Å². The maximum absolute atomic E-state index is 6.06. The number of aromatic nitrogens is 3. The van der Waals surface area contributed by atoms with Gasteiger partial charge in [-0.05, 0) is 98.4 Å². The lowest BCUT2D eigenvalue weighted by Gasteiger charge is -2.29. The topological polar surface area (TPSA) is 55.2 Å². The quantitative estimate of drug-likeness (QED) is 0.249. The van der Waals surface area contributed by atoms with E-state index in [1.165, 1.54) is 5.56 Å². The van der Waals surface area contributed by atoms with Gasteiger partial charge in [0.05, 0.1) is 11.7 Å². The monoisotopic (exact) mass is 517 g/mol. The first kappa shape index (κ1) is 23.9. The lowest BCUT2D eigenvalue weighted by molar-refractivity contribution is 0.482. The van der Waals surface area contributed by atoms with Gasteiger partial charge in [-0.1, -0.05) is 29.8 Å². The van der Waals surface area contributed by atoms with Gasteiger partial charge in [0.25, 0.3) is 0 Å². The normalized spacial score (nSPS) is 16.9. The summed E-state index contributed by atoms with van der Waals surface area (Å²) in [6.45, 7) is 4.10. The summed E-state index contributed by atoms with van der Waals surface area (Å²) >= 11 is 5.91. The average Bonchev–Trinajstić information content (AvgIpc) is 3.56. The van der Waals surface area contributed by atoms with Crippen LogP contribution < -0.4 is 15.0 Å². The van der Waals surface area contributed by atoms with Crippen molar-refractivity contribution in [3.05, 3.63) is 132 Å².